The largest absolute Gasteiger partial charge is 0.480 e. The average molecular weight is 393 g/mol. The number of hydrogen-bond acceptors (Lipinski definition) is 3. The Balaban J connectivity index is 2.06. The Labute approximate surface area is 153 Å². The van der Waals surface area contributed by atoms with Crippen molar-refractivity contribution in [1.29, 1.82) is 0 Å². The molecule has 1 aliphatic heterocycles. The minimum Gasteiger partial charge on any atom is -0.480 e. The summed E-state index contributed by atoms with van der Waals surface area (Å²) < 4.78 is 0.793. The van der Waals surface area contributed by atoms with Gasteiger partial charge in [-0.3, -0.25) is 14.8 Å². The number of aromatic nitrogens is 1. The Morgan fingerprint density at radius 1 is 0.960 bits per heavy atom. The zero-order valence-electron chi connectivity index (χ0n) is 13.1. The van der Waals surface area contributed by atoms with Crippen LogP contribution in [0.1, 0.15) is 16.8 Å². The zero-order chi connectivity index (χ0) is 17.4. The molecule has 0 saturated carbocycles. The van der Waals surface area contributed by atoms with E-state index in [1.807, 2.05) is 54.6 Å². The second kappa shape index (κ2) is 5.93. The summed E-state index contributed by atoms with van der Waals surface area (Å²) in [6.07, 6.45) is 1.61. The number of carboxylic acid groups (broad SMARTS) is 1. The van der Waals surface area contributed by atoms with Gasteiger partial charge in [0.2, 0.25) is 0 Å². The molecule has 0 saturated heterocycles. The number of hydrogen-bond donors (Lipinski definition) is 1. The molecule has 1 atom stereocenters. The Morgan fingerprint density at radius 3 is 2.36 bits per heavy atom. The van der Waals surface area contributed by atoms with Gasteiger partial charge in [-0.15, -0.1) is 0 Å². The maximum Gasteiger partial charge on any atom is 0.326 e. The van der Waals surface area contributed by atoms with Gasteiger partial charge < -0.3 is 5.11 Å². The molecule has 0 radical (unpaired) electrons. The van der Waals surface area contributed by atoms with Gasteiger partial charge >= 0.3 is 5.97 Å². The molecule has 0 bridgehead atoms. The third-order valence-electron chi connectivity index (χ3n) is 4.38. The summed E-state index contributed by atoms with van der Waals surface area (Å²) in [6, 6.07) is 20.3. The molecule has 3 aromatic rings. The van der Waals surface area contributed by atoms with Gasteiger partial charge in [-0.2, -0.15) is 0 Å². The molecular formula is C20H13BrN2O2. The number of pyridine rings is 1. The van der Waals surface area contributed by atoms with E-state index in [1.165, 1.54) is 0 Å². The topological polar surface area (TPSA) is 62.5 Å². The minimum absolute atomic E-state index is 0.441. The third-order valence-corrected chi connectivity index (χ3v) is 4.84. The van der Waals surface area contributed by atoms with Crippen LogP contribution in [0, 0.1) is 0 Å². The number of benzene rings is 2. The number of para-hydroxylation sites is 1. The fraction of sp³-hybridized carbons (Fsp3) is 0.0500. The smallest absolute Gasteiger partial charge is 0.326 e. The van der Waals surface area contributed by atoms with Crippen molar-refractivity contribution in [3.63, 3.8) is 0 Å². The number of fused-ring (bicyclic) bond motifs is 1. The molecule has 0 fully saturated rings. The first-order chi connectivity index (χ1) is 12.1. The van der Waals surface area contributed by atoms with Crippen molar-refractivity contribution in [2.75, 3.05) is 0 Å². The van der Waals surface area contributed by atoms with Gasteiger partial charge in [0.25, 0.3) is 0 Å². The minimum atomic E-state index is -1.43. The first-order valence-electron chi connectivity index (χ1n) is 7.73. The van der Waals surface area contributed by atoms with Crippen molar-refractivity contribution in [3.05, 3.63) is 94.2 Å². The highest BCUT2D eigenvalue weighted by Gasteiger charge is 2.53. The van der Waals surface area contributed by atoms with Crippen molar-refractivity contribution in [2.45, 2.75) is 5.41 Å². The molecule has 25 heavy (non-hydrogen) atoms. The monoisotopic (exact) mass is 392 g/mol. The van der Waals surface area contributed by atoms with E-state index < -0.39 is 11.4 Å². The van der Waals surface area contributed by atoms with Crippen molar-refractivity contribution in [1.82, 2.24) is 4.98 Å². The van der Waals surface area contributed by atoms with E-state index in [1.54, 1.807) is 18.3 Å². The molecule has 4 nitrogen and oxygen atoms in total. The zero-order valence-corrected chi connectivity index (χ0v) is 14.6. The summed E-state index contributed by atoms with van der Waals surface area (Å²) in [5, 5.41) is 10.3. The maximum atomic E-state index is 12.6. The lowest BCUT2D eigenvalue weighted by Gasteiger charge is -2.27. The second-order valence-electron chi connectivity index (χ2n) is 5.76. The van der Waals surface area contributed by atoms with Gasteiger partial charge in [0.1, 0.15) is 0 Å². The maximum absolute atomic E-state index is 12.6. The molecule has 0 amide bonds. The number of halogens is 1. The Kier molecular flexibility index (Phi) is 3.73. The number of aliphatic carboxylic acids is 1. The van der Waals surface area contributed by atoms with Crippen LogP contribution in [0.2, 0.25) is 0 Å². The summed E-state index contributed by atoms with van der Waals surface area (Å²) >= 11 is 3.36. The van der Waals surface area contributed by atoms with Crippen LogP contribution in [-0.2, 0) is 10.2 Å². The Morgan fingerprint density at radius 2 is 1.68 bits per heavy atom. The van der Waals surface area contributed by atoms with Crippen LogP contribution in [-0.4, -0.2) is 21.8 Å². The van der Waals surface area contributed by atoms with E-state index in [0.717, 1.165) is 10.0 Å². The summed E-state index contributed by atoms with van der Waals surface area (Å²) in [6.45, 7) is 0. The molecule has 1 unspecified atom stereocenters. The molecule has 1 aliphatic rings. The van der Waals surface area contributed by atoms with Gasteiger partial charge in [-0.1, -0.05) is 48.5 Å². The molecule has 122 valence electrons. The Hall–Kier alpha value is -2.79. The van der Waals surface area contributed by atoms with Crippen molar-refractivity contribution in [3.8, 4) is 0 Å². The van der Waals surface area contributed by atoms with Crippen LogP contribution in [0.25, 0.3) is 0 Å². The number of carbonyl (C=O) groups is 1. The van der Waals surface area contributed by atoms with Crippen LogP contribution in [0.15, 0.2) is 82.4 Å². The molecule has 0 aliphatic carbocycles. The molecular weight excluding hydrogens is 380 g/mol. The van der Waals surface area contributed by atoms with Gasteiger partial charge in [0.15, 0.2) is 5.41 Å². The lowest BCUT2D eigenvalue weighted by atomic mass is 9.72. The van der Waals surface area contributed by atoms with E-state index >= 15 is 0 Å². The van der Waals surface area contributed by atoms with Crippen molar-refractivity contribution >= 4 is 33.3 Å². The molecule has 1 N–H and O–H groups in total. The standard InChI is InChI=1S/C20H13BrN2O2/c21-14-10-11-17(22-12-14)20(19(24)25)15-8-4-5-9-16(15)23-18(20)13-6-2-1-3-7-13/h1-12H,(H,24,25). The summed E-state index contributed by atoms with van der Waals surface area (Å²) in [5.41, 5.74) is 1.56. The first-order valence-corrected chi connectivity index (χ1v) is 8.53. The number of rotatable bonds is 3. The third kappa shape index (κ3) is 2.31. The van der Waals surface area contributed by atoms with E-state index in [0.29, 0.717) is 22.7 Å². The highest BCUT2D eigenvalue weighted by molar-refractivity contribution is 9.10. The van der Waals surface area contributed by atoms with Crippen LogP contribution in [0.4, 0.5) is 5.69 Å². The van der Waals surface area contributed by atoms with Crippen LogP contribution < -0.4 is 0 Å². The quantitative estimate of drug-likeness (QED) is 0.720. The predicted molar refractivity (Wildman–Crippen MR) is 99.4 cm³/mol. The Bertz CT molecular complexity index is 984. The summed E-state index contributed by atoms with van der Waals surface area (Å²) in [5.74, 6) is -0.991. The van der Waals surface area contributed by atoms with E-state index in [2.05, 4.69) is 25.9 Å². The lowest BCUT2D eigenvalue weighted by molar-refractivity contribution is -0.139. The van der Waals surface area contributed by atoms with E-state index in [9.17, 15) is 9.90 Å². The van der Waals surface area contributed by atoms with E-state index in [-0.39, 0.29) is 0 Å². The van der Waals surface area contributed by atoms with Gasteiger partial charge in [-0.25, -0.2) is 0 Å². The second-order valence-corrected chi connectivity index (χ2v) is 6.68. The summed E-state index contributed by atoms with van der Waals surface area (Å²) in [4.78, 5) is 21.7. The van der Waals surface area contributed by atoms with Crippen LogP contribution in [0.5, 0.6) is 0 Å². The fourth-order valence-corrected chi connectivity index (χ4v) is 3.51. The number of carboxylic acids is 1. The highest BCUT2D eigenvalue weighted by Crippen LogP contribution is 2.46. The SMILES string of the molecule is O=C(O)C1(c2ccc(Br)cn2)C(c2ccccc2)=Nc2ccccc21. The van der Waals surface area contributed by atoms with Crippen LogP contribution in [0.3, 0.4) is 0 Å². The van der Waals surface area contributed by atoms with Gasteiger partial charge in [-0.05, 0) is 39.7 Å². The molecule has 4 rings (SSSR count). The van der Waals surface area contributed by atoms with Crippen molar-refractivity contribution in [2.24, 2.45) is 4.99 Å². The number of nitrogens with zero attached hydrogens (tertiary/aromatic N) is 2. The molecule has 2 aromatic carbocycles. The molecule has 2 heterocycles. The predicted octanol–water partition coefficient (Wildman–Crippen LogP) is 4.35. The van der Waals surface area contributed by atoms with Gasteiger partial charge in [0.05, 0.1) is 17.1 Å². The molecule has 1 aromatic heterocycles. The fourth-order valence-electron chi connectivity index (χ4n) is 3.28. The summed E-state index contributed by atoms with van der Waals surface area (Å²) in [7, 11) is 0. The lowest BCUT2D eigenvalue weighted by Crippen LogP contribution is -2.44. The molecule has 0 spiro atoms. The first kappa shape index (κ1) is 15.7. The van der Waals surface area contributed by atoms with E-state index in [4.69, 9.17) is 0 Å². The van der Waals surface area contributed by atoms with Gasteiger partial charge in [0, 0.05) is 16.2 Å². The van der Waals surface area contributed by atoms with Crippen molar-refractivity contribution < 1.29 is 9.90 Å². The average Bonchev–Trinajstić information content (AvgIpc) is 2.99. The molecule has 5 heteroatoms. The normalized spacial score (nSPS) is 18.5. The highest BCUT2D eigenvalue weighted by atomic mass is 79.9. The number of aliphatic imine (C=N–C) groups is 1. The van der Waals surface area contributed by atoms with Crippen LogP contribution >= 0.6 is 15.9 Å².